The Morgan fingerprint density at radius 3 is 2.90 bits per heavy atom. The van der Waals surface area contributed by atoms with Gasteiger partial charge in [-0.3, -0.25) is 0 Å². The van der Waals surface area contributed by atoms with Crippen LogP contribution in [0.1, 0.15) is 10.4 Å². The molecule has 2 heterocycles. The van der Waals surface area contributed by atoms with E-state index in [1.54, 1.807) is 18.3 Å². The lowest BCUT2D eigenvalue weighted by molar-refractivity contribution is 0.0692. The summed E-state index contributed by atoms with van der Waals surface area (Å²) >= 11 is 0. The van der Waals surface area contributed by atoms with Gasteiger partial charge in [0.2, 0.25) is 0 Å². The minimum atomic E-state index is -1.30. The van der Waals surface area contributed by atoms with Crippen molar-refractivity contribution in [1.82, 2.24) is 4.98 Å². The summed E-state index contributed by atoms with van der Waals surface area (Å²) in [5.41, 5.74) is 0.698. The quantitative estimate of drug-likeness (QED) is 0.764. The molecule has 2 N–H and O–H groups in total. The SMILES string of the molecule is O=C(O)c1ccc(Nc2nccc3occc23)cc1F. The van der Waals surface area contributed by atoms with Crippen LogP contribution < -0.4 is 5.32 Å². The third kappa shape index (κ3) is 2.07. The number of aromatic nitrogens is 1. The van der Waals surface area contributed by atoms with Crippen LogP contribution >= 0.6 is 0 Å². The Balaban J connectivity index is 1.97. The predicted octanol–water partition coefficient (Wildman–Crippen LogP) is 3.41. The van der Waals surface area contributed by atoms with E-state index in [1.165, 1.54) is 18.4 Å². The molecule has 2 aromatic heterocycles. The maximum Gasteiger partial charge on any atom is 0.338 e. The first-order valence-electron chi connectivity index (χ1n) is 5.77. The lowest BCUT2D eigenvalue weighted by atomic mass is 10.2. The highest BCUT2D eigenvalue weighted by molar-refractivity contribution is 5.91. The molecule has 3 rings (SSSR count). The molecule has 0 spiro atoms. The highest BCUT2D eigenvalue weighted by atomic mass is 19.1. The van der Waals surface area contributed by atoms with Gasteiger partial charge in [-0.1, -0.05) is 0 Å². The lowest BCUT2D eigenvalue weighted by Gasteiger charge is -2.07. The summed E-state index contributed by atoms with van der Waals surface area (Å²) < 4.78 is 18.8. The second-order valence-corrected chi connectivity index (χ2v) is 4.12. The summed E-state index contributed by atoms with van der Waals surface area (Å²) in [5, 5.41) is 12.5. The molecule has 0 aliphatic rings. The van der Waals surface area contributed by atoms with Gasteiger partial charge in [-0.15, -0.1) is 0 Å². The van der Waals surface area contributed by atoms with E-state index in [4.69, 9.17) is 9.52 Å². The molecule has 0 saturated heterocycles. The van der Waals surface area contributed by atoms with Crippen molar-refractivity contribution in [1.29, 1.82) is 0 Å². The van der Waals surface area contributed by atoms with Gasteiger partial charge in [0.15, 0.2) is 0 Å². The first kappa shape index (κ1) is 12.2. The first-order chi connectivity index (χ1) is 9.65. The normalized spacial score (nSPS) is 10.7. The second kappa shape index (κ2) is 4.65. The van der Waals surface area contributed by atoms with Gasteiger partial charge in [0.1, 0.15) is 17.2 Å². The van der Waals surface area contributed by atoms with Crippen LogP contribution in [0.2, 0.25) is 0 Å². The summed E-state index contributed by atoms with van der Waals surface area (Å²) in [6.07, 6.45) is 3.10. The van der Waals surface area contributed by atoms with E-state index in [-0.39, 0.29) is 5.56 Å². The van der Waals surface area contributed by atoms with Crippen molar-refractivity contribution in [3.63, 3.8) is 0 Å². The van der Waals surface area contributed by atoms with Crippen molar-refractivity contribution in [3.8, 4) is 0 Å². The average molecular weight is 272 g/mol. The number of carboxylic acids is 1. The van der Waals surface area contributed by atoms with Gasteiger partial charge < -0.3 is 14.8 Å². The van der Waals surface area contributed by atoms with Gasteiger partial charge in [0.25, 0.3) is 0 Å². The van der Waals surface area contributed by atoms with E-state index < -0.39 is 11.8 Å². The fraction of sp³-hybridized carbons (Fsp3) is 0. The number of pyridine rings is 1. The Morgan fingerprint density at radius 1 is 1.30 bits per heavy atom. The highest BCUT2D eigenvalue weighted by Gasteiger charge is 2.11. The molecule has 0 unspecified atom stereocenters. The molecule has 0 fully saturated rings. The number of benzene rings is 1. The van der Waals surface area contributed by atoms with Crippen molar-refractivity contribution < 1.29 is 18.7 Å². The molecule has 6 heteroatoms. The number of nitrogens with zero attached hydrogens (tertiary/aromatic N) is 1. The fourth-order valence-electron chi connectivity index (χ4n) is 1.90. The number of rotatable bonds is 3. The molecule has 0 radical (unpaired) electrons. The predicted molar refractivity (Wildman–Crippen MR) is 70.7 cm³/mol. The molecule has 100 valence electrons. The number of fused-ring (bicyclic) bond motifs is 1. The van der Waals surface area contributed by atoms with E-state index >= 15 is 0 Å². The Kier molecular flexibility index (Phi) is 2.83. The standard InChI is InChI=1S/C14H9FN2O3/c15-11-7-8(1-2-9(11)14(18)19)17-13-10-4-6-20-12(10)3-5-16-13/h1-7H,(H,16,17)(H,18,19). The van der Waals surface area contributed by atoms with E-state index in [9.17, 15) is 9.18 Å². The van der Waals surface area contributed by atoms with E-state index in [2.05, 4.69) is 10.3 Å². The van der Waals surface area contributed by atoms with Crippen LogP contribution in [0.5, 0.6) is 0 Å². The Labute approximate surface area is 112 Å². The van der Waals surface area contributed by atoms with Crippen LogP contribution in [0.25, 0.3) is 11.0 Å². The molecule has 0 atom stereocenters. The molecule has 0 aliphatic carbocycles. The zero-order chi connectivity index (χ0) is 14.1. The van der Waals surface area contributed by atoms with E-state index in [1.807, 2.05) is 0 Å². The van der Waals surface area contributed by atoms with Gasteiger partial charge in [0.05, 0.1) is 17.2 Å². The van der Waals surface area contributed by atoms with Crippen LogP contribution in [0, 0.1) is 5.82 Å². The largest absolute Gasteiger partial charge is 0.478 e. The van der Waals surface area contributed by atoms with Crippen molar-refractivity contribution >= 4 is 28.4 Å². The van der Waals surface area contributed by atoms with Crippen LogP contribution in [-0.2, 0) is 0 Å². The maximum absolute atomic E-state index is 13.6. The molecule has 0 amide bonds. The molecule has 1 aromatic carbocycles. The Morgan fingerprint density at radius 2 is 2.15 bits per heavy atom. The second-order valence-electron chi connectivity index (χ2n) is 4.12. The van der Waals surface area contributed by atoms with E-state index in [0.29, 0.717) is 17.1 Å². The number of aromatic carboxylic acids is 1. The number of carbonyl (C=O) groups is 1. The molecule has 0 bridgehead atoms. The number of anilines is 2. The first-order valence-corrected chi connectivity index (χ1v) is 5.77. The van der Waals surface area contributed by atoms with Gasteiger partial charge in [-0.2, -0.15) is 0 Å². The van der Waals surface area contributed by atoms with Crippen molar-refractivity contribution in [3.05, 3.63) is 54.2 Å². The van der Waals surface area contributed by atoms with Crippen LogP contribution in [0.3, 0.4) is 0 Å². The summed E-state index contributed by atoms with van der Waals surface area (Å²) in [7, 11) is 0. The molecule has 5 nitrogen and oxygen atoms in total. The average Bonchev–Trinajstić information content (AvgIpc) is 2.87. The van der Waals surface area contributed by atoms with Crippen molar-refractivity contribution in [2.24, 2.45) is 0 Å². The molecule has 3 aromatic rings. The van der Waals surface area contributed by atoms with Crippen LogP contribution in [-0.4, -0.2) is 16.1 Å². The number of hydrogen-bond donors (Lipinski definition) is 2. The third-order valence-electron chi connectivity index (χ3n) is 2.84. The summed E-state index contributed by atoms with van der Waals surface area (Å²) in [4.78, 5) is 14.9. The molecular formula is C14H9FN2O3. The lowest BCUT2D eigenvalue weighted by Crippen LogP contribution is -2.01. The number of nitrogens with one attached hydrogen (secondary N) is 1. The van der Waals surface area contributed by atoms with Gasteiger partial charge in [0, 0.05) is 11.9 Å². The topological polar surface area (TPSA) is 75.4 Å². The minimum absolute atomic E-state index is 0.370. The van der Waals surface area contributed by atoms with Crippen molar-refractivity contribution in [2.75, 3.05) is 5.32 Å². The monoisotopic (exact) mass is 272 g/mol. The highest BCUT2D eigenvalue weighted by Crippen LogP contribution is 2.25. The summed E-state index contributed by atoms with van der Waals surface area (Å²) in [6, 6.07) is 7.26. The molecule has 20 heavy (non-hydrogen) atoms. The van der Waals surface area contributed by atoms with Crippen LogP contribution in [0.4, 0.5) is 15.9 Å². The smallest absolute Gasteiger partial charge is 0.338 e. The summed E-state index contributed by atoms with van der Waals surface area (Å²) in [6.45, 7) is 0. The fourth-order valence-corrected chi connectivity index (χ4v) is 1.90. The number of furan rings is 1. The number of hydrogen-bond acceptors (Lipinski definition) is 4. The molecular weight excluding hydrogens is 263 g/mol. The van der Waals surface area contributed by atoms with Crippen molar-refractivity contribution in [2.45, 2.75) is 0 Å². The van der Waals surface area contributed by atoms with E-state index in [0.717, 1.165) is 11.5 Å². The van der Waals surface area contributed by atoms with Gasteiger partial charge in [-0.05, 0) is 30.3 Å². The Bertz CT molecular complexity index is 798. The van der Waals surface area contributed by atoms with Gasteiger partial charge >= 0.3 is 5.97 Å². The zero-order valence-corrected chi connectivity index (χ0v) is 10.1. The molecule has 0 saturated carbocycles. The molecule has 0 aliphatic heterocycles. The number of carboxylic acid groups (broad SMARTS) is 1. The van der Waals surface area contributed by atoms with Crippen LogP contribution in [0.15, 0.2) is 47.2 Å². The maximum atomic E-state index is 13.6. The number of halogens is 1. The Hall–Kier alpha value is -2.89. The van der Waals surface area contributed by atoms with Gasteiger partial charge in [-0.25, -0.2) is 14.2 Å². The summed E-state index contributed by atoms with van der Waals surface area (Å²) in [5.74, 6) is -1.59. The third-order valence-corrected chi connectivity index (χ3v) is 2.84. The minimum Gasteiger partial charge on any atom is -0.478 e. The zero-order valence-electron chi connectivity index (χ0n) is 10.1.